The Balaban J connectivity index is 1.85. The van der Waals surface area contributed by atoms with Crippen molar-refractivity contribution < 1.29 is 4.79 Å². The molecule has 0 aromatic heterocycles. The lowest BCUT2D eigenvalue weighted by molar-refractivity contribution is -0.121. The largest absolute Gasteiger partial charge is 0.356 e. The highest BCUT2D eigenvalue weighted by Gasteiger charge is 2.29. The lowest BCUT2D eigenvalue weighted by atomic mass is 10.1. The number of amides is 1. The summed E-state index contributed by atoms with van der Waals surface area (Å²) in [6.07, 6.45) is 9.06. The third-order valence-electron chi connectivity index (χ3n) is 3.69. The highest BCUT2D eigenvalue weighted by Crippen LogP contribution is 2.29. The Morgan fingerprint density at radius 2 is 2.19 bits per heavy atom. The molecule has 1 saturated heterocycles. The van der Waals surface area contributed by atoms with Crippen molar-refractivity contribution in [2.24, 2.45) is 0 Å². The third kappa shape index (κ3) is 3.14. The van der Waals surface area contributed by atoms with E-state index in [2.05, 4.69) is 16.9 Å². The summed E-state index contributed by atoms with van der Waals surface area (Å²) < 4.78 is 0. The molecule has 0 spiro atoms. The molecule has 1 aliphatic heterocycles. The van der Waals surface area contributed by atoms with Gasteiger partial charge in [-0.25, -0.2) is 0 Å². The van der Waals surface area contributed by atoms with E-state index in [-0.39, 0.29) is 5.91 Å². The molecule has 4 heteroatoms. The van der Waals surface area contributed by atoms with Gasteiger partial charge in [0.25, 0.3) is 0 Å². The summed E-state index contributed by atoms with van der Waals surface area (Å²) in [5.41, 5.74) is 0. The molecule has 16 heavy (non-hydrogen) atoms. The van der Waals surface area contributed by atoms with E-state index in [1.54, 1.807) is 0 Å². The number of thioether (sulfide) groups is 1. The predicted octanol–water partition coefficient (Wildman–Crippen LogP) is 1.53. The van der Waals surface area contributed by atoms with E-state index in [0.29, 0.717) is 18.5 Å². The second-order valence-electron chi connectivity index (χ2n) is 4.87. The highest BCUT2D eigenvalue weighted by atomic mass is 32.2. The van der Waals surface area contributed by atoms with Crippen LogP contribution in [0, 0.1) is 0 Å². The van der Waals surface area contributed by atoms with Crippen LogP contribution in [0.15, 0.2) is 0 Å². The van der Waals surface area contributed by atoms with Crippen molar-refractivity contribution in [3.05, 3.63) is 0 Å². The van der Waals surface area contributed by atoms with E-state index in [4.69, 9.17) is 0 Å². The summed E-state index contributed by atoms with van der Waals surface area (Å²) >= 11 is 1.97. The first kappa shape index (κ1) is 12.2. The molecule has 1 heterocycles. The molecule has 0 radical (unpaired) electrons. The molecule has 2 N–H and O–H groups in total. The average Bonchev–Trinajstić information content (AvgIpc) is 2.61. The summed E-state index contributed by atoms with van der Waals surface area (Å²) in [6.45, 7) is 0.855. The second kappa shape index (κ2) is 5.92. The van der Waals surface area contributed by atoms with Crippen molar-refractivity contribution in [1.82, 2.24) is 10.6 Å². The van der Waals surface area contributed by atoms with Gasteiger partial charge in [-0.2, -0.15) is 11.8 Å². The van der Waals surface area contributed by atoms with E-state index in [0.717, 1.165) is 24.6 Å². The lowest BCUT2D eigenvalue weighted by Crippen LogP contribution is -2.42. The Morgan fingerprint density at radius 1 is 1.31 bits per heavy atom. The molecule has 0 bridgehead atoms. The van der Waals surface area contributed by atoms with Crippen molar-refractivity contribution in [3.63, 3.8) is 0 Å². The van der Waals surface area contributed by atoms with Crippen LogP contribution in [0.3, 0.4) is 0 Å². The van der Waals surface area contributed by atoms with E-state index in [1.165, 1.54) is 19.3 Å². The quantitative estimate of drug-likeness (QED) is 0.788. The minimum Gasteiger partial charge on any atom is -0.356 e. The van der Waals surface area contributed by atoms with Gasteiger partial charge in [0.15, 0.2) is 0 Å². The van der Waals surface area contributed by atoms with Crippen LogP contribution in [0.4, 0.5) is 0 Å². The van der Waals surface area contributed by atoms with Crippen LogP contribution in [-0.2, 0) is 4.79 Å². The van der Waals surface area contributed by atoms with Crippen LogP contribution in [0.2, 0.25) is 0 Å². The molecule has 0 aromatic carbocycles. The highest BCUT2D eigenvalue weighted by molar-refractivity contribution is 7.99. The molecule has 92 valence electrons. The van der Waals surface area contributed by atoms with Crippen LogP contribution < -0.4 is 10.6 Å². The first-order chi connectivity index (χ1) is 7.79. The van der Waals surface area contributed by atoms with Gasteiger partial charge < -0.3 is 10.6 Å². The van der Waals surface area contributed by atoms with Gasteiger partial charge in [0, 0.05) is 30.3 Å². The van der Waals surface area contributed by atoms with Gasteiger partial charge >= 0.3 is 0 Å². The average molecular weight is 242 g/mol. The molecule has 3 unspecified atom stereocenters. The van der Waals surface area contributed by atoms with E-state index in [1.807, 2.05) is 11.8 Å². The van der Waals surface area contributed by atoms with E-state index >= 15 is 0 Å². The zero-order chi connectivity index (χ0) is 11.4. The van der Waals surface area contributed by atoms with Crippen LogP contribution >= 0.6 is 11.8 Å². The smallest absolute Gasteiger partial charge is 0.221 e. The molecule has 2 rings (SSSR count). The summed E-state index contributed by atoms with van der Waals surface area (Å²) in [4.78, 5) is 11.5. The number of carbonyl (C=O) groups is 1. The maximum atomic E-state index is 11.5. The third-order valence-corrected chi connectivity index (χ3v) is 4.86. The van der Waals surface area contributed by atoms with Gasteiger partial charge in [0.1, 0.15) is 0 Å². The Bertz CT molecular complexity index is 247. The Kier molecular flexibility index (Phi) is 4.53. The fraction of sp³-hybridized carbons (Fsp3) is 0.917. The lowest BCUT2D eigenvalue weighted by Gasteiger charge is -2.24. The summed E-state index contributed by atoms with van der Waals surface area (Å²) in [7, 11) is 0. The molecule has 0 aromatic rings. The molecule has 1 amide bonds. The molecule has 2 aliphatic rings. The topological polar surface area (TPSA) is 41.1 Å². The standard InChI is InChI=1S/C12H22N2OS/c1-16-11-6-2-5-10(11)14-9-4-3-7-13-12(15)8-9/h9-11,14H,2-8H2,1H3,(H,13,15). The monoisotopic (exact) mass is 242 g/mol. The molecular formula is C12H22N2OS. The van der Waals surface area contributed by atoms with E-state index < -0.39 is 0 Å². The second-order valence-corrected chi connectivity index (χ2v) is 5.95. The van der Waals surface area contributed by atoms with Crippen LogP contribution in [0.5, 0.6) is 0 Å². The predicted molar refractivity (Wildman–Crippen MR) is 68.7 cm³/mol. The summed E-state index contributed by atoms with van der Waals surface area (Å²) in [5.74, 6) is 0.216. The Morgan fingerprint density at radius 3 is 3.00 bits per heavy atom. The van der Waals surface area contributed by atoms with Crippen LogP contribution in [0.1, 0.15) is 38.5 Å². The zero-order valence-electron chi connectivity index (χ0n) is 10.00. The van der Waals surface area contributed by atoms with Gasteiger partial charge in [0.2, 0.25) is 5.91 Å². The Hall–Kier alpha value is -0.220. The van der Waals surface area contributed by atoms with Gasteiger partial charge in [-0.3, -0.25) is 4.79 Å². The minimum atomic E-state index is 0.216. The fourth-order valence-electron chi connectivity index (χ4n) is 2.82. The van der Waals surface area contributed by atoms with E-state index in [9.17, 15) is 4.79 Å². The van der Waals surface area contributed by atoms with Crippen molar-refractivity contribution >= 4 is 17.7 Å². The number of hydrogen-bond acceptors (Lipinski definition) is 3. The number of hydrogen-bond donors (Lipinski definition) is 2. The van der Waals surface area contributed by atoms with Crippen LogP contribution in [-0.4, -0.2) is 36.0 Å². The molecule has 2 fully saturated rings. The zero-order valence-corrected chi connectivity index (χ0v) is 10.8. The normalized spacial score (nSPS) is 35.8. The first-order valence-electron chi connectivity index (χ1n) is 6.35. The maximum Gasteiger partial charge on any atom is 0.221 e. The van der Waals surface area contributed by atoms with Gasteiger partial charge in [-0.05, 0) is 31.9 Å². The summed E-state index contributed by atoms with van der Waals surface area (Å²) in [5, 5.41) is 7.40. The molecular weight excluding hydrogens is 220 g/mol. The first-order valence-corrected chi connectivity index (χ1v) is 7.64. The summed E-state index contributed by atoms with van der Waals surface area (Å²) in [6, 6.07) is 1.03. The number of nitrogens with one attached hydrogen (secondary N) is 2. The minimum absolute atomic E-state index is 0.216. The Labute approximate surface area is 102 Å². The fourth-order valence-corrected chi connectivity index (χ4v) is 3.76. The number of rotatable bonds is 3. The van der Waals surface area contributed by atoms with Crippen molar-refractivity contribution in [3.8, 4) is 0 Å². The van der Waals surface area contributed by atoms with Crippen LogP contribution in [0.25, 0.3) is 0 Å². The van der Waals surface area contributed by atoms with Gasteiger partial charge in [-0.15, -0.1) is 0 Å². The molecule has 3 nitrogen and oxygen atoms in total. The van der Waals surface area contributed by atoms with Crippen molar-refractivity contribution in [2.75, 3.05) is 12.8 Å². The molecule has 3 atom stereocenters. The molecule has 1 saturated carbocycles. The van der Waals surface area contributed by atoms with Crippen molar-refractivity contribution in [2.45, 2.75) is 55.9 Å². The van der Waals surface area contributed by atoms with Gasteiger partial charge in [-0.1, -0.05) is 6.42 Å². The van der Waals surface area contributed by atoms with Crippen molar-refractivity contribution in [1.29, 1.82) is 0 Å². The van der Waals surface area contributed by atoms with Gasteiger partial charge in [0.05, 0.1) is 0 Å². The SMILES string of the molecule is CSC1CCCC1NC1CCCNC(=O)C1. The number of carbonyl (C=O) groups excluding carboxylic acids is 1. The maximum absolute atomic E-state index is 11.5. The molecule has 1 aliphatic carbocycles.